The van der Waals surface area contributed by atoms with Gasteiger partial charge in [-0.2, -0.15) is 9.67 Å². The molecule has 218 valence electrons. The molecule has 4 heterocycles. The molecule has 7 rings (SSSR count). The Hall–Kier alpha value is -4.25. The van der Waals surface area contributed by atoms with Crippen LogP contribution in [0.15, 0.2) is 42.5 Å². The first kappa shape index (κ1) is 26.6. The van der Waals surface area contributed by atoms with E-state index in [-0.39, 0.29) is 17.7 Å². The summed E-state index contributed by atoms with van der Waals surface area (Å²) in [6.07, 6.45) is 7.53. The van der Waals surface area contributed by atoms with E-state index in [0.29, 0.717) is 23.2 Å². The number of aryl methyl sites for hydroxylation is 2. The summed E-state index contributed by atoms with van der Waals surface area (Å²) in [7, 11) is 1.68. The van der Waals surface area contributed by atoms with Gasteiger partial charge in [-0.25, -0.2) is 4.39 Å². The highest BCUT2D eigenvalue weighted by Crippen LogP contribution is 2.34. The SMILES string of the molecule is COc1ccc2c(c1)CCCc1cc(-n3nc(Nc4ccc(N5CCC(N6CCCC6)CC5)c(F)c4)nc3N)nnc1-2. The van der Waals surface area contributed by atoms with E-state index >= 15 is 4.39 Å². The Morgan fingerprint density at radius 3 is 2.52 bits per heavy atom. The van der Waals surface area contributed by atoms with Gasteiger partial charge in [0.25, 0.3) is 0 Å². The molecule has 2 aromatic heterocycles. The number of nitrogen functional groups attached to an aromatic ring is 1. The molecule has 1 aliphatic carbocycles. The van der Waals surface area contributed by atoms with Crippen LogP contribution in [0, 0.1) is 5.82 Å². The third kappa shape index (κ3) is 5.13. The number of halogens is 1. The van der Waals surface area contributed by atoms with Crippen molar-refractivity contribution in [2.24, 2.45) is 0 Å². The fourth-order valence-corrected chi connectivity index (χ4v) is 6.64. The Balaban J connectivity index is 1.06. The first-order chi connectivity index (χ1) is 20.6. The minimum absolute atomic E-state index is 0.170. The van der Waals surface area contributed by atoms with E-state index in [2.05, 4.69) is 41.5 Å². The fraction of sp³-hybridized carbons (Fsp3) is 0.419. The summed E-state index contributed by atoms with van der Waals surface area (Å²) in [6, 6.07) is 13.8. The number of fused-ring (bicyclic) bond motifs is 3. The first-order valence-electron chi connectivity index (χ1n) is 14.9. The predicted octanol–water partition coefficient (Wildman–Crippen LogP) is 4.75. The maximum Gasteiger partial charge on any atom is 0.248 e. The third-order valence-corrected chi connectivity index (χ3v) is 8.83. The summed E-state index contributed by atoms with van der Waals surface area (Å²) in [4.78, 5) is 9.11. The molecule has 0 unspecified atom stereocenters. The second kappa shape index (κ2) is 11.2. The van der Waals surface area contributed by atoms with E-state index in [0.717, 1.165) is 67.8 Å². The van der Waals surface area contributed by atoms with Crippen LogP contribution in [0.3, 0.4) is 0 Å². The first-order valence-corrected chi connectivity index (χ1v) is 14.9. The molecule has 0 radical (unpaired) electrons. The molecule has 42 heavy (non-hydrogen) atoms. The minimum Gasteiger partial charge on any atom is -0.497 e. The number of nitrogens with two attached hydrogens (primary N) is 1. The zero-order chi connectivity index (χ0) is 28.6. The highest BCUT2D eigenvalue weighted by atomic mass is 19.1. The van der Waals surface area contributed by atoms with Crippen molar-refractivity contribution < 1.29 is 9.13 Å². The number of likely N-dealkylation sites (tertiary alicyclic amines) is 1. The lowest BCUT2D eigenvalue weighted by Gasteiger charge is -2.37. The summed E-state index contributed by atoms with van der Waals surface area (Å²) < 4.78 is 22.1. The molecule has 4 aromatic rings. The summed E-state index contributed by atoms with van der Waals surface area (Å²) in [5.41, 5.74) is 11.6. The van der Waals surface area contributed by atoms with Crippen molar-refractivity contribution in [2.45, 2.75) is 51.0 Å². The minimum atomic E-state index is -0.262. The molecule has 2 saturated heterocycles. The number of hydrogen-bond acceptors (Lipinski definition) is 9. The number of hydrogen-bond donors (Lipinski definition) is 2. The molecule has 3 N–H and O–H groups in total. The Morgan fingerprint density at radius 2 is 1.74 bits per heavy atom. The number of benzene rings is 2. The highest BCUT2D eigenvalue weighted by molar-refractivity contribution is 5.69. The summed E-state index contributed by atoms with van der Waals surface area (Å²) in [6.45, 7) is 4.15. The van der Waals surface area contributed by atoms with E-state index in [1.54, 1.807) is 7.11 Å². The number of rotatable bonds is 6. The average Bonchev–Trinajstić information content (AvgIpc) is 3.63. The van der Waals surface area contributed by atoms with Crippen molar-refractivity contribution in [3.8, 4) is 22.8 Å². The van der Waals surface area contributed by atoms with Crippen molar-refractivity contribution in [3.05, 3.63) is 59.4 Å². The number of methoxy groups -OCH3 is 1. The number of piperidine rings is 1. The number of nitrogens with one attached hydrogen (secondary N) is 1. The molecule has 0 atom stereocenters. The van der Waals surface area contributed by atoms with Gasteiger partial charge in [0.2, 0.25) is 11.9 Å². The molecule has 0 spiro atoms. The van der Waals surface area contributed by atoms with Crippen LogP contribution in [0.5, 0.6) is 5.75 Å². The van der Waals surface area contributed by atoms with Crippen LogP contribution in [-0.4, -0.2) is 69.2 Å². The largest absolute Gasteiger partial charge is 0.497 e. The lowest BCUT2D eigenvalue weighted by Crippen LogP contribution is -2.44. The zero-order valence-corrected chi connectivity index (χ0v) is 23.9. The van der Waals surface area contributed by atoms with Crippen molar-refractivity contribution in [1.82, 2.24) is 29.9 Å². The van der Waals surface area contributed by atoms with E-state index in [1.165, 1.54) is 42.2 Å². The predicted molar refractivity (Wildman–Crippen MR) is 161 cm³/mol. The number of ether oxygens (including phenoxy) is 1. The molecule has 2 aliphatic heterocycles. The third-order valence-electron chi connectivity index (χ3n) is 8.83. The van der Waals surface area contributed by atoms with Gasteiger partial charge in [-0.15, -0.1) is 15.3 Å². The Labute approximate surface area is 244 Å². The molecule has 2 fully saturated rings. The Morgan fingerprint density at radius 1 is 0.929 bits per heavy atom. The number of aromatic nitrogens is 5. The molecule has 11 heteroatoms. The van der Waals surface area contributed by atoms with Gasteiger partial charge in [0.1, 0.15) is 11.6 Å². The summed E-state index contributed by atoms with van der Waals surface area (Å²) in [5.74, 6) is 1.50. The molecule has 0 saturated carbocycles. The Bertz CT molecular complexity index is 1590. The normalized spacial score (nSPS) is 17.5. The lowest BCUT2D eigenvalue weighted by atomic mass is 10.0. The standard InChI is InChI=1S/C31H36FN9O/c1-42-24-8-9-25-20(17-24)5-4-6-21-18-28(36-37-29(21)25)41-30(33)35-31(38-41)34-22-7-10-27(26(32)19-22)40-15-11-23(12-16-40)39-13-2-3-14-39/h7-10,17-19,23H,2-6,11-16H2,1H3,(H3,33,34,35,38). The monoisotopic (exact) mass is 569 g/mol. The molecule has 2 aromatic carbocycles. The van der Waals surface area contributed by atoms with Crippen molar-refractivity contribution in [1.29, 1.82) is 0 Å². The van der Waals surface area contributed by atoms with Crippen LogP contribution in [0.25, 0.3) is 17.1 Å². The van der Waals surface area contributed by atoms with Gasteiger partial charge in [0.15, 0.2) is 5.82 Å². The molecular weight excluding hydrogens is 533 g/mol. The molecule has 0 amide bonds. The van der Waals surface area contributed by atoms with Gasteiger partial charge in [-0.1, -0.05) is 0 Å². The van der Waals surface area contributed by atoms with Crippen LogP contribution in [0.2, 0.25) is 0 Å². The molecule has 10 nitrogen and oxygen atoms in total. The summed E-state index contributed by atoms with van der Waals surface area (Å²) in [5, 5.41) is 16.6. The smallest absolute Gasteiger partial charge is 0.248 e. The zero-order valence-electron chi connectivity index (χ0n) is 23.9. The van der Waals surface area contributed by atoms with Gasteiger partial charge in [0.05, 0.1) is 18.5 Å². The van der Waals surface area contributed by atoms with Crippen molar-refractivity contribution in [3.63, 3.8) is 0 Å². The second-order valence-corrected chi connectivity index (χ2v) is 11.4. The molecular formula is C31H36FN9O. The number of nitrogens with zero attached hydrogens (tertiary/aromatic N) is 7. The van der Waals surface area contributed by atoms with E-state index in [9.17, 15) is 0 Å². The van der Waals surface area contributed by atoms with Crippen LogP contribution in [-0.2, 0) is 12.8 Å². The summed E-state index contributed by atoms with van der Waals surface area (Å²) >= 11 is 0. The second-order valence-electron chi connectivity index (χ2n) is 11.4. The van der Waals surface area contributed by atoms with Gasteiger partial charge in [0, 0.05) is 30.4 Å². The topological polar surface area (TPSA) is 110 Å². The van der Waals surface area contributed by atoms with Crippen LogP contribution in [0.4, 0.5) is 27.7 Å². The molecule has 0 bridgehead atoms. The maximum atomic E-state index is 15.2. The van der Waals surface area contributed by atoms with Gasteiger partial charge < -0.3 is 25.6 Å². The highest BCUT2D eigenvalue weighted by Gasteiger charge is 2.27. The van der Waals surface area contributed by atoms with Crippen molar-refractivity contribution >= 4 is 23.3 Å². The van der Waals surface area contributed by atoms with Gasteiger partial charge >= 0.3 is 0 Å². The van der Waals surface area contributed by atoms with Crippen LogP contribution >= 0.6 is 0 Å². The van der Waals surface area contributed by atoms with Crippen molar-refractivity contribution in [2.75, 3.05) is 49.2 Å². The average molecular weight is 570 g/mol. The van der Waals surface area contributed by atoms with E-state index in [1.807, 2.05) is 30.3 Å². The van der Waals surface area contributed by atoms with Gasteiger partial charge in [-0.05, 0) is 112 Å². The van der Waals surface area contributed by atoms with Crippen LogP contribution < -0.4 is 20.7 Å². The van der Waals surface area contributed by atoms with E-state index < -0.39 is 0 Å². The molecule has 3 aliphatic rings. The maximum absolute atomic E-state index is 15.2. The van der Waals surface area contributed by atoms with Gasteiger partial charge in [-0.3, -0.25) is 0 Å². The lowest BCUT2D eigenvalue weighted by molar-refractivity contribution is 0.207. The number of anilines is 4. The quantitative estimate of drug-likeness (QED) is 0.340. The Kier molecular flexibility index (Phi) is 7.10. The van der Waals surface area contributed by atoms with E-state index in [4.69, 9.17) is 10.5 Å². The van der Waals surface area contributed by atoms with Crippen LogP contribution in [0.1, 0.15) is 43.2 Å². The fourth-order valence-electron chi connectivity index (χ4n) is 6.64.